The Labute approximate surface area is 135 Å². The van der Waals surface area contributed by atoms with Crippen LogP contribution in [-0.4, -0.2) is 21.7 Å². The number of aromatic nitrogens is 2. The smallest absolute Gasteiger partial charge is 0.213 e. The van der Waals surface area contributed by atoms with Crippen LogP contribution in [0.5, 0.6) is 11.6 Å². The van der Waals surface area contributed by atoms with Crippen molar-refractivity contribution in [3.05, 3.63) is 72.7 Å². The lowest BCUT2D eigenvalue weighted by atomic mass is 10.1. The van der Waals surface area contributed by atoms with E-state index in [0.29, 0.717) is 12.5 Å². The van der Waals surface area contributed by atoms with Gasteiger partial charge in [0.25, 0.3) is 0 Å². The average molecular weight is 306 g/mol. The summed E-state index contributed by atoms with van der Waals surface area (Å²) in [6.07, 6.45) is 5.38. The molecule has 23 heavy (non-hydrogen) atoms. The molecule has 0 spiro atoms. The van der Waals surface area contributed by atoms with Gasteiger partial charge in [-0.25, -0.2) is 4.98 Å². The van der Waals surface area contributed by atoms with Gasteiger partial charge in [-0.1, -0.05) is 18.2 Å². The minimum absolute atomic E-state index is 0.259. The molecular formula is C19H18N2O2. The molecule has 0 aliphatic carbocycles. The molecule has 116 valence electrons. The van der Waals surface area contributed by atoms with Crippen molar-refractivity contribution < 1.29 is 9.84 Å². The van der Waals surface area contributed by atoms with E-state index in [1.54, 1.807) is 24.5 Å². The van der Waals surface area contributed by atoms with Crippen molar-refractivity contribution >= 4 is 0 Å². The van der Waals surface area contributed by atoms with Crippen molar-refractivity contribution in [1.82, 2.24) is 9.97 Å². The Morgan fingerprint density at radius 2 is 1.70 bits per heavy atom. The highest BCUT2D eigenvalue weighted by Crippen LogP contribution is 2.22. The van der Waals surface area contributed by atoms with Crippen molar-refractivity contribution in [3.8, 4) is 22.8 Å². The SMILES string of the molecule is Oc1ccc(-c2ccc(OCCCc3ccccn3)nc2)cc1. The van der Waals surface area contributed by atoms with Crippen LogP contribution in [0.3, 0.4) is 0 Å². The van der Waals surface area contributed by atoms with Crippen molar-refractivity contribution in [2.45, 2.75) is 12.8 Å². The van der Waals surface area contributed by atoms with Gasteiger partial charge in [0.1, 0.15) is 5.75 Å². The minimum Gasteiger partial charge on any atom is -0.508 e. The highest BCUT2D eigenvalue weighted by molar-refractivity contribution is 5.63. The number of aryl methyl sites for hydroxylation is 1. The Balaban J connectivity index is 1.50. The molecule has 0 unspecified atom stereocenters. The lowest BCUT2D eigenvalue weighted by Gasteiger charge is -2.06. The van der Waals surface area contributed by atoms with E-state index in [9.17, 15) is 5.11 Å². The number of phenolic OH excluding ortho intramolecular Hbond substituents is 1. The zero-order valence-electron chi connectivity index (χ0n) is 12.7. The van der Waals surface area contributed by atoms with Crippen LogP contribution in [-0.2, 0) is 6.42 Å². The number of pyridine rings is 2. The molecule has 0 bridgehead atoms. The topological polar surface area (TPSA) is 55.2 Å². The van der Waals surface area contributed by atoms with Crippen LogP contribution in [0.25, 0.3) is 11.1 Å². The predicted octanol–water partition coefficient (Wildman–Crippen LogP) is 3.86. The fourth-order valence-corrected chi connectivity index (χ4v) is 2.27. The zero-order chi connectivity index (χ0) is 15.9. The molecule has 0 atom stereocenters. The largest absolute Gasteiger partial charge is 0.508 e. The normalized spacial score (nSPS) is 10.4. The maximum Gasteiger partial charge on any atom is 0.213 e. The van der Waals surface area contributed by atoms with Gasteiger partial charge in [0.15, 0.2) is 0 Å². The minimum atomic E-state index is 0.259. The first-order valence-electron chi connectivity index (χ1n) is 7.59. The number of rotatable bonds is 6. The standard InChI is InChI=1S/C19H18N2O2/c22-18-9-6-15(7-10-18)16-8-11-19(21-14-16)23-13-3-5-17-4-1-2-12-20-17/h1-2,4,6-12,14,22H,3,5,13H2. The van der Waals surface area contributed by atoms with E-state index in [1.165, 1.54) is 0 Å². The summed E-state index contributed by atoms with van der Waals surface area (Å²) in [5, 5.41) is 9.31. The van der Waals surface area contributed by atoms with Crippen LogP contribution in [0.15, 0.2) is 67.0 Å². The highest BCUT2D eigenvalue weighted by Gasteiger charge is 2.01. The van der Waals surface area contributed by atoms with E-state index in [2.05, 4.69) is 9.97 Å². The van der Waals surface area contributed by atoms with Crippen LogP contribution in [0.1, 0.15) is 12.1 Å². The van der Waals surface area contributed by atoms with Gasteiger partial charge in [0.05, 0.1) is 6.61 Å². The van der Waals surface area contributed by atoms with Gasteiger partial charge >= 0.3 is 0 Å². The van der Waals surface area contributed by atoms with Crippen molar-refractivity contribution in [1.29, 1.82) is 0 Å². The molecule has 1 aromatic carbocycles. The van der Waals surface area contributed by atoms with Crippen LogP contribution in [0, 0.1) is 0 Å². The van der Waals surface area contributed by atoms with Gasteiger partial charge in [-0.15, -0.1) is 0 Å². The zero-order valence-corrected chi connectivity index (χ0v) is 12.7. The molecule has 3 aromatic rings. The third-order valence-electron chi connectivity index (χ3n) is 3.49. The molecule has 0 aliphatic rings. The first kappa shape index (κ1) is 15.0. The molecule has 4 heteroatoms. The Bertz CT molecular complexity index is 726. The summed E-state index contributed by atoms with van der Waals surface area (Å²) in [5.74, 6) is 0.878. The van der Waals surface area contributed by atoms with Crippen LogP contribution in [0.4, 0.5) is 0 Å². The summed E-state index contributed by atoms with van der Waals surface area (Å²) in [4.78, 5) is 8.61. The first-order chi connectivity index (χ1) is 11.3. The van der Waals surface area contributed by atoms with Gasteiger partial charge in [-0.2, -0.15) is 0 Å². The monoisotopic (exact) mass is 306 g/mol. The van der Waals surface area contributed by atoms with E-state index < -0.39 is 0 Å². The van der Waals surface area contributed by atoms with E-state index in [1.807, 2.05) is 42.5 Å². The van der Waals surface area contributed by atoms with Gasteiger partial charge in [0.2, 0.25) is 5.88 Å². The number of nitrogens with zero attached hydrogens (tertiary/aromatic N) is 2. The number of hydrogen-bond acceptors (Lipinski definition) is 4. The summed E-state index contributed by atoms with van der Waals surface area (Å²) < 4.78 is 5.66. The molecule has 0 saturated heterocycles. The van der Waals surface area contributed by atoms with Gasteiger partial charge < -0.3 is 9.84 Å². The van der Waals surface area contributed by atoms with E-state index in [-0.39, 0.29) is 5.75 Å². The second kappa shape index (κ2) is 7.40. The second-order valence-corrected chi connectivity index (χ2v) is 5.21. The Morgan fingerprint density at radius 3 is 2.39 bits per heavy atom. The lowest BCUT2D eigenvalue weighted by Crippen LogP contribution is -2.01. The average Bonchev–Trinajstić information content (AvgIpc) is 2.61. The third kappa shape index (κ3) is 4.30. The molecule has 4 nitrogen and oxygen atoms in total. The highest BCUT2D eigenvalue weighted by atomic mass is 16.5. The lowest BCUT2D eigenvalue weighted by molar-refractivity contribution is 0.299. The molecule has 0 amide bonds. The van der Waals surface area contributed by atoms with E-state index >= 15 is 0 Å². The summed E-state index contributed by atoms with van der Waals surface area (Å²) in [6.45, 7) is 0.613. The van der Waals surface area contributed by atoms with Crippen molar-refractivity contribution in [3.63, 3.8) is 0 Å². The summed E-state index contributed by atoms with van der Waals surface area (Å²) in [7, 11) is 0. The van der Waals surface area contributed by atoms with E-state index in [4.69, 9.17) is 4.74 Å². The van der Waals surface area contributed by atoms with Crippen LogP contribution >= 0.6 is 0 Å². The van der Waals surface area contributed by atoms with Crippen LogP contribution < -0.4 is 4.74 Å². The van der Waals surface area contributed by atoms with Gasteiger partial charge in [-0.3, -0.25) is 4.98 Å². The molecule has 0 saturated carbocycles. The quantitative estimate of drug-likeness (QED) is 0.703. The number of aromatic hydroxyl groups is 1. The number of phenols is 1. The predicted molar refractivity (Wildman–Crippen MR) is 89.4 cm³/mol. The summed E-state index contributed by atoms with van der Waals surface area (Å²) >= 11 is 0. The maximum absolute atomic E-state index is 9.31. The Hall–Kier alpha value is -2.88. The number of hydrogen-bond donors (Lipinski definition) is 1. The molecule has 0 radical (unpaired) electrons. The molecule has 0 fully saturated rings. The number of ether oxygens (including phenoxy) is 1. The maximum atomic E-state index is 9.31. The summed E-state index contributed by atoms with van der Waals surface area (Å²) in [6, 6.07) is 16.8. The fourth-order valence-electron chi connectivity index (χ4n) is 2.27. The molecule has 2 aromatic heterocycles. The first-order valence-corrected chi connectivity index (χ1v) is 7.59. The van der Waals surface area contributed by atoms with Gasteiger partial charge in [0, 0.05) is 29.7 Å². The molecular weight excluding hydrogens is 288 g/mol. The van der Waals surface area contributed by atoms with Crippen LogP contribution in [0.2, 0.25) is 0 Å². The fraction of sp³-hybridized carbons (Fsp3) is 0.158. The van der Waals surface area contributed by atoms with Gasteiger partial charge in [-0.05, 0) is 48.7 Å². The molecule has 3 rings (SSSR count). The van der Waals surface area contributed by atoms with E-state index in [0.717, 1.165) is 29.7 Å². The van der Waals surface area contributed by atoms with Crippen molar-refractivity contribution in [2.75, 3.05) is 6.61 Å². The van der Waals surface area contributed by atoms with Crippen molar-refractivity contribution in [2.24, 2.45) is 0 Å². The summed E-state index contributed by atoms with van der Waals surface area (Å²) in [5.41, 5.74) is 3.08. The Kier molecular flexibility index (Phi) is 4.84. The molecule has 0 aliphatic heterocycles. The second-order valence-electron chi connectivity index (χ2n) is 5.21. The molecule has 2 heterocycles. The molecule has 1 N–H and O–H groups in total. The number of benzene rings is 1. The Morgan fingerprint density at radius 1 is 0.870 bits per heavy atom. The third-order valence-corrected chi connectivity index (χ3v) is 3.49.